The Labute approximate surface area is 65.2 Å². The highest BCUT2D eigenvalue weighted by Gasteiger charge is 2.06. The number of carbonyl (C=O) groups is 1. The molecule has 0 bridgehead atoms. The summed E-state index contributed by atoms with van der Waals surface area (Å²) < 4.78 is 6.61. The summed E-state index contributed by atoms with van der Waals surface area (Å²) >= 11 is 0. The van der Waals surface area contributed by atoms with Crippen molar-refractivity contribution in [3.63, 3.8) is 0 Å². The molecule has 0 spiro atoms. The van der Waals surface area contributed by atoms with Gasteiger partial charge >= 0.3 is 11.8 Å². The number of aromatic nitrogens is 1. The zero-order chi connectivity index (χ0) is 8.27. The third-order valence-electron chi connectivity index (χ3n) is 1.26. The maximum Gasteiger partial charge on any atom is 0.375 e. The Balaban J connectivity index is 2.86. The molecule has 0 saturated heterocycles. The summed E-state index contributed by atoms with van der Waals surface area (Å²) in [4.78, 5) is 10.5. The number of pyridine rings is 1. The molecule has 1 aromatic heterocycles. The first-order valence-corrected chi connectivity index (χ1v) is 3.33. The number of rotatable bonds is 1. The van der Waals surface area contributed by atoms with Crippen LogP contribution >= 0.6 is 0 Å². The van der Waals surface area contributed by atoms with Gasteiger partial charge in [-0.3, -0.25) is 4.79 Å². The average molecular weight is 152 g/mol. The molecule has 0 unspecified atom stereocenters. The Bertz CT molecular complexity index is 271. The lowest BCUT2D eigenvalue weighted by Crippen LogP contribution is -2.30. The van der Waals surface area contributed by atoms with Crippen molar-refractivity contribution in [1.29, 1.82) is 0 Å². The smallest absolute Gasteiger partial charge is 0.371 e. The summed E-state index contributed by atoms with van der Waals surface area (Å²) in [7, 11) is 1.82. The topological polar surface area (TPSA) is 30.2 Å². The Morgan fingerprint density at radius 3 is 2.82 bits per heavy atom. The first-order chi connectivity index (χ1) is 5.20. The van der Waals surface area contributed by atoms with E-state index in [0.717, 1.165) is 0 Å². The first kappa shape index (κ1) is 7.72. The van der Waals surface area contributed by atoms with Gasteiger partial charge in [-0.25, -0.2) is 0 Å². The largest absolute Gasteiger partial charge is 0.375 e. The second-order valence-electron chi connectivity index (χ2n) is 2.24. The average Bonchev–Trinajstić information content (AvgIpc) is 1.93. The predicted molar refractivity (Wildman–Crippen MR) is 38.9 cm³/mol. The van der Waals surface area contributed by atoms with E-state index in [2.05, 4.69) is 0 Å². The molecule has 0 amide bonds. The SMILES string of the molecule is CC(=O)Oc1cccc[n+]1C. The molecule has 0 fully saturated rings. The molecule has 0 aliphatic rings. The number of carbonyl (C=O) groups excluding carboxylic acids is 1. The van der Waals surface area contributed by atoms with Gasteiger partial charge in [0.2, 0.25) is 0 Å². The van der Waals surface area contributed by atoms with Gasteiger partial charge in [-0.15, -0.1) is 0 Å². The second kappa shape index (κ2) is 3.14. The van der Waals surface area contributed by atoms with Crippen LogP contribution in [0.5, 0.6) is 5.88 Å². The van der Waals surface area contributed by atoms with Crippen molar-refractivity contribution in [2.45, 2.75) is 6.92 Å². The van der Waals surface area contributed by atoms with E-state index in [-0.39, 0.29) is 5.97 Å². The molecule has 1 rings (SSSR count). The van der Waals surface area contributed by atoms with Crippen LogP contribution in [0, 0.1) is 0 Å². The monoisotopic (exact) mass is 152 g/mol. The van der Waals surface area contributed by atoms with Gasteiger partial charge in [-0.05, 0) is 6.07 Å². The Kier molecular flexibility index (Phi) is 2.21. The van der Waals surface area contributed by atoms with E-state index in [4.69, 9.17) is 4.74 Å². The van der Waals surface area contributed by atoms with Gasteiger partial charge in [-0.2, -0.15) is 4.57 Å². The maximum atomic E-state index is 10.5. The van der Waals surface area contributed by atoms with Crippen molar-refractivity contribution in [3.05, 3.63) is 24.4 Å². The number of hydrogen-bond donors (Lipinski definition) is 0. The highest BCUT2D eigenvalue weighted by atomic mass is 16.5. The Hall–Kier alpha value is -1.38. The van der Waals surface area contributed by atoms with Crippen molar-refractivity contribution in [3.8, 4) is 5.88 Å². The van der Waals surface area contributed by atoms with Gasteiger partial charge in [0, 0.05) is 13.0 Å². The molecule has 0 radical (unpaired) electrons. The van der Waals surface area contributed by atoms with Crippen molar-refractivity contribution in [2.75, 3.05) is 0 Å². The lowest BCUT2D eigenvalue weighted by molar-refractivity contribution is -0.675. The van der Waals surface area contributed by atoms with Gasteiger partial charge in [0.15, 0.2) is 6.20 Å². The molecule has 0 N–H and O–H groups in total. The van der Waals surface area contributed by atoms with Crippen LogP contribution in [-0.2, 0) is 11.8 Å². The number of ether oxygens (including phenoxy) is 1. The first-order valence-electron chi connectivity index (χ1n) is 3.33. The maximum absolute atomic E-state index is 10.5. The van der Waals surface area contributed by atoms with Crippen LogP contribution in [0.3, 0.4) is 0 Å². The van der Waals surface area contributed by atoms with Crippen LogP contribution < -0.4 is 9.30 Å². The molecule has 0 aliphatic heterocycles. The summed E-state index contributed by atoms with van der Waals surface area (Å²) in [5.74, 6) is 0.256. The summed E-state index contributed by atoms with van der Waals surface area (Å²) in [5, 5.41) is 0. The fourth-order valence-electron chi connectivity index (χ4n) is 0.761. The lowest BCUT2D eigenvalue weighted by Gasteiger charge is -1.96. The summed E-state index contributed by atoms with van der Waals surface area (Å²) in [6.45, 7) is 1.38. The van der Waals surface area contributed by atoms with Gasteiger partial charge < -0.3 is 4.74 Å². The molecule has 1 heterocycles. The summed E-state index contributed by atoms with van der Waals surface area (Å²) in [5.41, 5.74) is 0. The Morgan fingerprint density at radius 1 is 1.55 bits per heavy atom. The van der Waals surface area contributed by atoms with Gasteiger partial charge in [0.05, 0.1) is 6.07 Å². The van der Waals surface area contributed by atoms with E-state index in [9.17, 15) is 4.79 Å². The summed E-state index contributed by atoms with van der Waals surface area (Å²) in [6, 6.07) is 5.42. The second-order valence-corrected chi connectivity index (χ2v) is 2.24. The number of hydrogen-bond acceptors (Lipinski definition) is 2. The quantitative estimate of drug-likeness (QED) is 0.431. The lowest BCUT2D eigenvalue weighted by atomic mass is 10.5. The van der Waals surface area contributed by atoms with Crippen molar-refractivity contribution in [2.24, 2.45) is 7.05 Å². The molecule has 58 valence electrons. The highest BCUT2D eigenvalue weighted by molar-refractivity contribution is 5.68. The normalized spacial score (nSPS) is 9.27. The minimum Gasteiger partial charge on any atom is -0.371 e. The van der Waals surface area contributed by atoms with Crippen molar-refractivity contribution >= 4 is 5.97 Å². The van der Waals surface area contributed by atoms with Crippen LogP contribution in [0.15, 0.2) is 24.4 Å². The van der Waals surface area contributed by atoms with E-state index in [1.165, 1.54) is 6.92 Å². The van der Waals surface area contributed by atoms with Gasteiger partial charge in [0.1, 0.15) is 7.05 Å². The van der Waals surface area contributed by atoms with E-state index in [1.807, 2.05) is 25.4 Å². The molecule has 0 saturated carbocycles. The van der Waals surface area contributed by atoms with Crippen molar-refractivity contribution < 1.29 is 14.1 Å². The van der Waals surface area contributed by atoms with Gasteiger partial charge in [0.25, 0.3) is 0 Å². The zero-order valence-electron chi connectivity index (χ0n) is 6.57. The third-order valence-corrected chi connectivity index (χ3v) is 1.26. The third kappa shape index (κ3) is 2.04. The van der Waals surface area contributed by atoms with Crippen molar-refractivity contribution in [1.82, 2.24) is 0 Å². The molecule has 1 aromatic rings. The Morgan fingerprint density at radius 2 is 2.27 bits per heavy atom. The van der Waals surface area contributed by atoms with Crippen LogP contribution in [0.4, 0.5) is 0 Å². The standard InChI is InChI=1S/C8H10NO2/c1-7(10)11-8-5-3-4-6-9(8)2/h3-6H,1-2H3/q+1. The van der Waals surface area contributed by atoms with E-state index in [0.29, 0.717) is 5.88 Å². The zero-order valence-corrected chi connectivity index (χ0v) is 6.57. The molecule has 3 nitrogen and oxygen atoms in total. The van der Waals surface area contributed by atoms with Crippen LogP contribution in [0.25, 0.3) is 0 Å². The minimum absolute atomic E-state index is 0.299. The van der Waals surface area contributed by atoms with E-state index >= 15 is 0 Å². The molecule has 11 heavy (non-hydrogen) atoms. The highest BCUT2D eigenvalue weighted by Crippen LogP contribution is 1.99. The van der Waals surface area contributed by atoms with E-state index in [1.54, 1.807) is 10.6 Å². The number of nitrogens with zero attached hydrogens (tertiary/aromatic N) is 1. The summed E-state index contributed by atoms with van der Waals surface area (Å²) in [6.07, 6.45) is 1.82. The predicted octanol–water partition coefficient (Wildman–Crippen LogP) is 0.436. The van der Waals surface area contributed by atoms with Gasteiger partial charge in [-0.1, -0.05) is 0 Å². The molecular formula is C8H10NO2+. The van der Waals surface area contributed by atoms with Crippen LogP contribution in [0.2, 0.25) is 0 Å². The number of aryl methyl sites for hydroxylation is 1. The molecule has 0 atom stereocenters. The molecular weight excluding hydrogens is 142 g/mol. The molecule has 3 heteroatoms. The fraction of sp³-hybridized carbons (Fsp3) is 0.250. The fourth-order valence-corrected chi connectivity index (χ4v) is 0.761. The number of esters is 1. The molecule has 0 aliphatic carbocycles. The van der Waals surface area contributed by atoms with E-state index < -0.39 is 0 Å². The van der Waals surface area contributed by atoms with Crippen LogP contribution in [0.1, 0.15) is 6.92 Å². The molecule has 0 aromatic carbocycles. The van der Waals surface area contributed by atoms with Crippen LogP contribution in [-0.4, -0.2) is 5.97 Å². The minimum atomic E-state index is -0.299.